The average molecular weight is 1020 g/mol. The van der Waals surface area contributed by atoms with Crippen LogP contribution in [0.1, 0.15) is 122 Å². The highest BCUT2D eigenvalue weighted by atomic mass is 14.5. The molecule has 0 radical (unpaired) electrons. The van der Waals surface area contributed by atoms with E-state index in [-0.39, 0.29) is 5.41 Å². The first-order valence-electron chi connectivity index (χ1n) is 28.3. The summed E-state index contributed by atoms with van der Waals surface area (Å²) in [5, 5.41) is 0. The van der Waals surface area contributed by atoms with Crippen molar-refractivity contribution in [2.75, 3.05) is 0 Å². The summed E-state index contributed by atoms with van der Waals surface area (Å²) in [5.74, 6) is 2.61. The zero-order valence-corrected chi connectivity index (χ0v) is 48.1. The number of hydrogen-bond acceptors (Lipinski definition) is 0. The van der Waals surface area contributed by atoms with Gasteiger partial charge in [-0.2, -0.15) is 0 Å². The van der Waals surface area contributed by atoms with Gasteiger partial charge in [0, 0.05) is 5.56 Å². The monoisotopic (exact) mass is 1020 g/mol. The van der Waals surface area contributed by atoms with E-state index in [1.807, 2.05) is 42.5 Å². The van der Waals surface area contributed by atoms with Crippen molar-refractivity contribution < 1.29 is 0 Å². The third-order valence-electron chi connectivity index (χ3n) is 13.9. The van der Waals surface area contributed by atoms with Crippen LogP contribution < -0.4 is 0 Å². The molecule has 0 aromatic heterocycles. The highest BCUT2D eigenvalue weighted by Gasteiger charge is 2.45. The third kappa shape index (κ3) is 15.7. The lowest BCUT2D eigenvalue weighted by Crippen LogP contribution is -2.28. The van der Waals surface area contributed by atoms with Crippen molar-refractivity contribution in [1.29, 1.82) is 0 Å². The molecule has 0 fully saturated rings. The lowest BCUT2D eigenvalue weighted by atomic mass is 9.67. The van der Waals surface area contributed by atoms with E-state index in [2.05, 4.69) is 281 Å². The van der Waals surface area contributed by atoms with E-state index < -0.39 is 0 Å². The van der Waals surface area contributed by atoms with E-state index in [1.54, 1.807) is 0 Å². The van der Waals surface area contributed by atoms with Crippen LogP contribution in [-0.2, 0) is 11.8 Å². The summed E-state index contributed by atoms with van der Waals surface area (Å²) in [5.41, 5.74) is 23.1. The second-order valence-electron chi connectivity index (χ2n) is 20.2. The highest BCUT2D eigenvalue weighted by Crippen LogP contribution is 2.56. The van der Waals surface area contributed by atoms with E-state index >= 15 is 0 Å². The summed E-state index contributed by atoms with van der Waals surface area (Å²) < 4.78 is 0. The first-order chi connectivity index (χ1) is 38.1. The van der Waals surface area contributed by atoms with Gasteiger partial charge in [0.05, 0.1) is 5.41 Å². The number of unbranched alkanes of at least 4 members (excludes halogenated alkanes) is 2. The quantitative estimate of drug-likeness (QED) is 0.126. The Hall–Kier alpha value is -8.24. The second-order valence-corrected chi connectivity index (χ2v) is 20.2. The van der Waals surface area contributed by atoms with Gasteiger partial charge < -0.3 is 0 Å². The molecule has 10 aromatic carbocycles. The summed E-state index contributed by atoms with van der Waals surface area (Å²) >= 11 is 0. The molecule has 10 aromatic rings. The van der Waals surface area contributed by atoms with Crippen LogP contribution in [0, 0.1) is 40.0 Å². The van der Waals surface area contributed by atoms with E-state index in [9.17, 15) is 0 Å². The minimum absolute atomic E-state index is 0.263. The molecule has 0 amide bonds. The van der Waals surface area contributed by atoms with Crippen LogP contribution in [0.5, 0.6) is 0 Å². The minimum Gasteiger partial charge on any atom is -0.115 e. The molecule has 0 heteroatoms. The fourth-order valence-corrected chi connectivity index (χ4v) is 10.0. The molecule has 1 aliphatic rings. The van der Waals surface area contributed by atoms with Crippen LogP contribution in [0.2, 0.25) is 0 Å². The summed E-state index contributed by atoms with van der Waals surface area (Å²) in [4.78, 5) is 0. The van der Waals surface area contributed by atoms with Crippen LogP contribution in [0.4, 0.5) is 0 Å². The molecular formula is C78H82. The normalized spacial score (nSPS) is 11.0. The summed E-state index contributed by atoms with van der Waals surface area (Å²) in [6.07, 6.45) is 13.1. The molecule has 0 bridgehead atoms. The number of terminal acetylenes is 1. The van der Waals surface area contributed by atoms with Crippen molar-refractivity contribution in [2.24, 2.45) is 0 Å². The molecule has 394 valence electrons. The Bertz CT molecular complexity index is 3310. The summed E-state index contributed by atoms with van der Waals surface area (Å²) in [7, 11) is 0. The van der Waals surface area contributed by atoms with Crippen molar-refractivity contribution in [3.05, 3.63) is 310 Å². The maximum atomic E-state index is 5.29. The summed E-state index contributed by atoms with van der Waals surface area (Å²) in [6, 6.07) is 90.5. The van der Waals surface area contributed by atoms with Gasteiger partial charge in [-0.3, -0.25) is 0 Å². The zero-order valence-electron chi connectivity index (χ0n) is 48.1. The Morgan fingerprint density at radius 2 is 0.808 bits per heavy atom. The van der Waals surface area contributed by atoms with E-state index in [4.69, 9.17) is 6.42 Å². The largest absolute Gasteiger partial charge is 0.115 e. The molecule has 0 nitrogen and oxygen atoms in total. The van der Waals surface area contributed by atoms with Gasteiger partial charge in [-0.25, -0.2) is 0 Å². The topological polar surface area (TPSA) is 0 Å². The van der Waals surface area contributed by atoms with Crippen molar-refractivity contribution >= 4 is 0 Å². The first kappa shape index (κ1) is 59.0. The minimum atomic E-state index is -0.263. The maximum Gasteiger partial charge on any atom is 0.0713 e. The molecule has 0 spiro atoms. The molecule has 0 N–H and O–H groups in total. The first-order valence-corrected chi connectivity index (χ1v) is 28.3. The Morgan fingerprint density at radius 1 is 0.346 bits per heavy atom. The van der Waals surface area contributed by atoms with Gasteiger partial charge in [0.25, 0.3) is 0 Å². The molecule has 0 atom stereocenters. The molecule has 0 saturated carbocycles. The van der Waals surface area contributed by atoms with Crippen molar-refractivity contribution in [1.82, 2.24) is 0 Å². The molecule has 0 heterocycles. The zero-order chi connectivity index (χ0) is 55.5. The number of aryl methyl sites for hydroxylation is 5. The van der Waals surface area contributed by atoms with Crippen molar-refractivity contribution in [3.8, 4) is 56.9 Å². The lowest BCUT2D eigenvalue weighted by Gasteiger charge is -2.34. The third-order valence-corrected chi connectivity index (χ3v) is 13.9. The standard InChI is InChI=1S/C26H20.C21H20.C14H10.C9H12.C5H12.C3H8/c1-19-16-17-23-22-14-8-9-15-24(22)26(25(23)18-19,20-10-4-2-5-11-20)21-12-6-3-7-13-21;1-15-7-6-9-18(13-15)19-12-11-17(3)21(14-19)20-10-5-4-8-16(20)2;1-2-12-8-10-14(11-9-12)13-6-4-3-5-7-13;1-2-6-9-7-4-3-5-8-9;1-3-5-4-2;1-3-2/h2-18H,1H3;4-14H,1-3H3;1,3-11H;3-5,7-8H,2,6H2,1H3;3-5H2,1-2H3;3H2,1-2H3. The van der Waals surface area contributed by atoms with Gasteiger partial charge in [-0.15, -0.1) is 6.42 Å². The Labute approximate surface area is 471 Å². The van der Waals surface area contributed by atoms with Gasteiger partial charge in [-0.05, 0) is 136 Å². The molecule has 0 saturated heterocycles. The number of fused-ring (bicyclic) bond motifs is 3. The van der Waals surface area contributed by atoms with Crippen LogP contribution in [0.3, 0.4) is 0 Å². The fraction of sp³-hybridized carbons (Fsp3) is 0.205. The van der Waals surface area contributed by atoms with Gasteiger partial charge in [0.1, 0.15) is 0 Å². The van der Waals surface area contributed by atoms with Crippen molar-refractivity contribution in [3.63, 3.8) is 0 Å². The SMILES string of the molecule is C#Cc1ccc(-c2ccccc2)cc1.CCC.CCCCC.CCCc1ccccc1.Cc1ccc2c(c1)C(c1ccccc1)(c1ccccc1)c1ccccc1-2.Cc1cccc(-c2ccc(C)c(-c3ccccc3C)c2)c1. The number of hydrogen-bond donors (Lipinski definition) is 0. The fourth-order valence-electron chi connectivity index (χ4n) is 10.0. The van der Waals surface area contributed by atoms with Gasteiger partial charge in [-0.1, -0.05) is 320 Å². The predicted molar refractivity (Wildman–Crippen MR) is 341 cm³/mol. The number of rotatable bonds is 9. The molecule has 11 rings (SSSR count). The van der Waals surface area contributed by atoms with Crippen LogP contribution in [-0.4, -0.2) is 0 Å². The smallest absolute Gasteiger partial charge is 0.0713 e. The molecule has 78 heavy (non-hydrogen) atoms. The summed E-state index contributed by atoms with van der Waals surface area (Å²) in [6.45, 7) is 19.6. The van der Waals surface area contributed by atoms with Crippen molar-refractivity contribution in [2.45, 2.75) is 106 Å². The lowest BCUT2D eigenvalue weighted by molar-refractivity contribution is 0.767. The second kappa shape index (κ2) is 31.1. The van der Waals surface area contributed by atoms with Crippen LogP contribution >= 0.6 is 0 Å². The van der Waals surface area contributed by atoms with E-state index in [0.717, 1.165) is 5.56 Å². The maximum absolute atomic E-state index is 5.29. The van der Waals surface area contributed by atoms with E-state index in [0.29, 0.717) is 0 Å². The molecule has 1 aliphatic carbocycles. The van der Waals surface area contributed by atoms with Gasteiger partial charge in [0.2, 0.25) is 0 Å². The molecule has 0 unspecified atom stereocenters. The molecular weight excluding hydrogens is 937 g/mol. The predicted octanol–water partition coefficient (Wildman–Crippen LogP) is 21.9. The average Bonchev–Trinajstić information content (AvgIpc) is 3.96. The Morgan fingerprint density at radius 3 is 1.36 bits per heavy atom. The molecule has 0 aliphatic heterocycles. The van der Waals surface area contributed by atoms with Gasteiger partial charge >= 0.3 is 0 Å². The van der Waals surface area contributed by atoms with Crippen LogP contribution in [0.15, 0.2) is 255 Å². The van der Waals surface area contributed by atoms with Crippen LogP contribution in [0.25, 0.3) is 44.5 Å². The Balaban J connectivity index is 0.000000169. The number of benzene rings is 10. The van der Waals surface area contributed by atoms with E-state index in [1.165, 1.54) is 133 Å². The Kier molecular flexibility index (Phi) is 23.5. The van der Waals surface area contributed by atoms with Gasteiger partial charge in [0.15, 0.2) is 0 Å². The highest BCUT2D eigenvalue weighted by molar-refractivity contribution is 5.86.